The summed E-state index contributed by atoms with van der Waals surface area (Å²) in [5.41, 5.74) is 1.27. The molecule has 1 aromatic heterocycles. The summed E-state index contributed by atoms with van der Waals surface area (Å²) >= 11 is 11.9. The molecule has 0 bridgehead atoms. The second-order valence-electron chi connectivity index (χ2n) is 5.27. The molecule has 2 rings (SSSR count). The molecule has 2 aromatic rings. The quantitative estimate of drug-likeness (QED) is 0.681. The van der Waals surface area contributed by atoms with Gasteiger partial charge in [-0.2, -0.15) is 0 Å². The van der Waals surface area contributed by atoms with Crippen LogP contribution in [-0.2, 0) is 16.1 Å². The van der Waals surface area contributed by atoms with Gasteiger partial charge in [-0.15, -0.1) is 0 Å². The highest BCUT2D eigenvalue weighted by Crippen LogP contribution is 2.23. The molecule has 5 nitrogen and oxygen atoms in total. The monoisotopic (exact) mass is 380 g/mol. The molecule has 0 fully saturated rings. The number of amides is 1. The van der Waals surface area contributed by atoms with Crippen molar-refractivity contribution in [2.45, 2.75) is 19.9 Å². The van der Waals surface area contributed by atoms with Gasteiger partial charge in [-0.1, -0.05) is 29.3 Å². The van der Waals surface area contributed by atoms with Gasteiger partial charge in [0.1, 0.15) is 0 Å². The number of esters is 1. The van der Waals surface area contributed by atoms with Crippen molar-refractivity contribution in [3.05, 3.63) is 63.9 Å². The number of aromatic nitrogens is 1. The average molecular weight is 381 g/mol. The molecule has 0 radical (unpaired) electrons. The number of pyridine rings is 1. The van der Waals surface area contributed by atoms with Crippen molar-refractivity contribution in [2.75, 3.05) is 13.2 Å². The fourth-order valence-corrected chi connectivity index (χ4v) is 2.53. The maximum atomic E-state index is 12.8. The first-order chi connectivity index (χ1) is 12.0. The molecule has 0 saturated carbocycles. The summed E-state index contributed by atoms with van der Waals surface area (Å²) < 4.78 is 4.93. The van der Waals surface area contributed by atoms with Gasteiger partial charge in [0.15, 0.2) is 0 Å². The van der Waals surface area contributed by atoms with E-state index in [4.69, 9.17) is 27.9 Å². The molecular weight excluding hydrogens is 363 g/mol. The number of rotatable bonds is 7. The average Bonchev–Trinajstić information content (AvgIpc) is 2.61. The predicted octanol–water partition coefficient (Wildman–Crippen LogP) is 3.98. The minimum atomic E-state index is -0.347. The minimum Gasteiger partial charge on any atom is -0.466 e. The van der Waals surface area contributed by atoms with Gasteiger partial charge in [-0.05, 0) is 36.8 Å². The van der Waals surface area contributed by atoms with Gasteiger partial charge in [-0.25, -0.2) is 0 Å². The number of carbonyl (C=O) groups excluding carboxylic acids is 2. The number of ether oxygens (including phenoxy) is 1. The molecular formula is C18H18Cl2N2O3. The van der Waals surface area contributed by atoms with Crippen LogP contribution in [0.2, 0.25) is 10.0 Å². The van der Waals surface area contributed by atoms with Gasteiger partial charge >= 0.3 is 5.97 Å². The van der Waals surface area contributed by atoms with Crippen LogP contribution in [0.3, 0.4) is 0 Å². The topological polar surface area (TPSA) is 59.5 Å². The van der Waals surface area contributed by atoms with Crippen LogP contribution in [0, 0.1) is 0 Å². The third-order valence-electron chi connectivity index (χ3n) is 3.44. The van der Waals surface area contributed by atoms with E-state index in [2.05, 4.69) is 4.98 Å². The molecule has 1 heterocycles. The van der Waals surface area contributed by atoms with Crippen LogP contribution < -0.4 is 0 Å². The van der Waals surface area contributed by atoms with E-state index < -0.39 is 0 Å². The molecule has 25 heavy (non-hydrogen) atoms. The summed E-state index contributed by atoms with van der Waals surface area (Å²) in [6, 6.07) is 8.36. The Morgan fingerprint density at radius 1 is 1.20 bits per heavy atom. The van der Waals surface area contributed by atoms with Crippen LogP contribution in [0.5, 0.6) is 0 Å². The second kappa shape index (κ2) is 9.39. The third-order valence-corrected chi connectivity index (χ3v) is 4.18. The number of halogens is 2. The van der Waals surface area contributed by atoms with E-state index in [1.54, 1.807) is 42.4 Å². The van der Waals surface area contributed by atoms with E-state index in [0.29, 0.717) is 28.8 Å². The SMILES string of the molecule is CCOC(=O)CCN(Cc1cccnc1)C(=O)c1ccc(Cl)c(Cl)c1. The molecule has 0 atom stereocenters. The van der Waals surface area contributed by atoms with E-state index in [0.717, 1.165) is 5.56 Å². The van der Waals surface area contributed by atoms with Crippen LogP contribution in [0.4, 0.5) is 0 Å². The molecule has 0 aliphatic carbocycles. The van der Waals surface area contributed by atoms with E-state index in [1.165, 1.54) is 6.07 Å². The molecule has 1 amide bonds. The second-order valence-corrected chi connectivity index (χ2v) is 6.09. The highest BCUT2D eigenvalue weighted by atomic mass is 35.5. The lowest BCUT2D eigenvalue weighted by atomic mass is 10.1. The van der Waals surface area contributed by atoms with E-state index in [-0.39, 0.29) is 24.8 Å². The fourth-order valence-electron chi connectivity index (χ4n) is 2.24. The lowest BCUT2D eigenvalue weighted by molar-refractivity contribution is -0.143. The molecule has 7 heteroatoms. The summed E-state index contributed by atoms with van der Waals surface area (Å²) in [5, 5.41) is 0.683. The predicted molar refractivity (Wildman–Crippen MR) is 96.7 cm³/mol. The Labute approximate surface area is 156 Å². The normalized spacial score (nSPS) is 10.4. The lowest BCUT2D eigenvalue weighted by Crippen LogP contribution is -2.33. The summed E-state index contributed by atoms with van der Waals surface area (Å²) in [5.74, 6) is -0.590. The van der Waals surface area contributed by atoms with Crippen LogP contribution in [0.25, 0.3) is 0 Å². The van der Waals surface area contributed by atoms with Gasteiger partial charge in [0.25, 0.3) is 5.91 Å². The lowest BCUT2D eigenvalue weighted by Gasteiger charge is -2.22. The summed E-state index contributed by atoms with van der Waals surface area (Å²) in [7, 11) is 0. The van der Waals surface area contributed by atoms with E-state index in [1.807, 2.05) is 6.07 Å². The Morgan fingerprint density at radius 2 is 2.00 bits per heavy atom. The van der Waals surface area contributed by atoms with Crippen LogP contribution in [0.1, 0.15) is 29.3 Å². The van der Waals surface area contributed by atoms with Crippen LogP contribution >= 0.6 is 23.2 Å². The third kappa shape index (κ3) is 5.73. The van der Waals surface area contributed by atoms with Crippen molar-refractivity contribution in [3.8, 4) is 0 Å². The van der Waals surface area contributed by atoms with Crippen molar-refractivity contribution in [1.82, 2.24) is 9.88 Å². The van der Waals surface area contributed by atoms with Crippen molar-refractivity contribution in [3.63, 3.8) is 0 Å². The van der Waals surface area contributed by atoms with E-state index in [9.17, 15) is 9.59 Å². The smallest absolute Gasteiger partial charge is 0.307 e. The summed E-state index contributed by atoms with van der Waals surface area (Å²) in [6.45, 7) is 2.60. The van der Waals surface area contributed by atoms with Crippen molar-refractivity contribution < 1.29 is 14.3 Å². The highest BCUT2D eigenvalue weighted by Gasteiger charge is 2.19. The number of hydrogen-bond acceptors (Lipinski definition) is 4. The number of nitrogens with zero attached hydrogens (tertiary/aromatic N) is 2. The van der Waals surface area contributed by atoms with Crippen molar-refractivity contribution in [1.29, 1.82) is 0 Å². The zero-order valence-electron chi connectivity index (χ0n) is 13.7. The minimum absolute atomic E-state index is 0.112. The first kappa shape index (κ1) is 19.2. The summed E-state index contributed by atoms with van der Waals surface area (Å²) in [6.07, 6.45) is 3.45. The highest BCUT2D eigenvalue weighted by molar-refractivity contribution is 6.42. The Hall–Kier alpha value is -2.11. The maximum Gasteiger partial charge on any atom is 0.307 e. The molecule has 0 aliphatic rings. The number of benzene rings is 1. The van der Waals surface area contributed by atoms with Crippen LogP contribution in [-0.4, -0.2) is 34.9 Å². The summed E-state index contributed by atoms with van der Waals surface area (Å²) in [4.78, 5) is 30.1. The number of carbonyl (C=O) groups is 2. The molecule has 1 aromatic carbocycles. The van der Waals surface area contributed by atoms with Crippen molar-refractivity contribution in [2.24, 2.45) is 0 Å². The zero-order valence-corrected chi connectivity index (χ0v) is 15.3. The van der Waals surface area contributed by atoms with Gasteiger partial charge in [0.2, 0.25) is 0 Å². The largest absolute Gasteiger partial charge is 0.466 e. The Morgan fingerprint density at radius 3 is 2.64 bits per heavy atom. The van der Waals surface area contributed by atoms with Gasteiger partial charge in [0.05, 0.1) is 23.1 Å². The zero-order chi connectivity index (χ0) is 18.2. The molecule has 0 N–H and O–H groups in total. The Bertz CT molecular complexity index is 738. The Balaban J connectivity index is 2.18. The van der Waals surface area contributed by atoms with Gasteiger partial charge in [-0.3, -0.25) is 14.6 Å². The molecule has 0 spiro atoms. The van der Waals surface area contributed by atoms with Crippen molar-refractivity contribution >= 4 is 35.1 Å². The molecule has 0 unspecified atom stereocenters. The van der Waals surface area contributed by atoms with E-state index >= 15 is 0 Å². The van der Waals surface area contributed by atoms with Crippen LogP contribution in [0.15, 0.2) is 42.7 Å². The number of hydrogen-bond donors (Lipinski definition) is 0. The maximum absolute atomic E-state index is 12.8. The molecule has 132 valence electrons. The first-order valence-electron chi connectivity index (χ1n) is 7.80. The first-order valence-corrected chi connectivity index (χ1v) is 8.55. The van der Waals surface area contributed by atoms with Gasteiger partial charge < -0.3 is 9.64 Å². The van der Waals surface area contributed by atoms with Gasteiger partial charge in [0, 0.05) is 31.0 Å². The molecule has 0 aliphatic heterocycles. The fraction of sp³-hybridized carbons (Fsp3) is 0.278. The Kier molecular flexibility index (Phi) is 7.22. The molecule has 0 saturated heterocycles. The standard InChI is InChI=1S/C18H18Cl2N2O3/c1-2-25-17(23)7-9-22(12-13-4-3-8-21-11-13)18(24)14-5-6-15(19)16(20)10-14/h3-6,8,10-11H,2,7,9,12H2,1H3.